The maximum Gasteiger partial charge on any atom is 0.342 e. The minimum absolute atomic E-state index is 0.0972. The number of aromatic nitrogens is 2. The van der Waals surface area contributed by atoms with E-state index in [1.165, 1.54) is 0 Å². The van der Waals surface area contributed by atoms with Gasteiger partial charge in [-0.2, -0.15) is 4.98 Å². The van der Waals surface area contributed by atoms with Crippen LogP contribution in [0.3, 0.4) is 0 Å². The second-order valence-electron chi connectivity index (χ2n) is 1.81. The fourth-order valence-electron chi connectivity index (χ4n) is 0.563. The van der Waals surface area contributed by atoms with Gasteiger partial charge in [-0.1, -0.05) is 0 Å². The topological polar surface area (TPSA) is 109 Å². The summed E-state index contributed by atoms with van der Waals surface area (Å²) in [7, 11) is 0. The molecule has 0 amide bonds. The summed E-state index contributed by atoms with van der Waals surface area (Å²) in [6.45, 7) is 0. The molecule has 0 saturated heterocycles. The van der Waals surface area contributed by atoms with Crippen LogP contribution in [-0.2, 0) is 0 Å². The molecule has 11 heavy (non-hydrogen) atoms. The minimum Gasteiger partial charge on any atom is -0.477 e. The zero-order chi connectivity index (χ0) is 8.43. The predicted octanol–water partition coefficient (Wildman–Crippen LogP) is -0.950. The molecule has 0 radical (unpaired) electrons. The smallest absolute Gasteiger partial charge is 0.342 e. The third kappa shape index (κ3) is 1.34. The van der Waals surface area contributed by atoms with Crippen LogP contribution in [0.15, 0.2) is 11.0 Å². The van der Waals surface area contributed by atoms with Crippen molar-refractivity contribution in [2.45, 2.75) is 0 Å². The molecule has 0 aliphatic carbocycles. The lowest BCUT2D eigenvalue weighted by molar-refractivity contribution is 0.0694. The number of hydrogen-bond donors (Lipinski definition) is 3. The summed E-state index contributed by atoms with van der Waals surface area (Å²) in [5.74, 6) is -1.42. The van der Waals surface area contributed by atoms with E-state index >= 15 is 0 Å². The Morgan fingerprint density at radius 1 is 1.73 bits per heavy atom. The van der Waals surface area contributed by atoms with Crippen molar-refractivity contribution in [3.8, 4) is 0 Å². The van der Waals surface area contributed by atoms with Crippen LogP contribution in [0.2, 0.25) is 0 Å². The largest absolute Gasteiger partial charge is 0.477 e. The third-order valence-electron chi connectivity index (χ3n) is 1.05. The van der Waals surface area contributed by atoms with Crippen LogP contribution in [0.4, 0.5) is 5.95 Å². The third-order valence-corrected chi connectivity index (χ3v) is 1.05. The number of aromatic amines is 1. The lowest BCUT2D eigenvalue weighted by Gasteiger charge is -1.92. The van der Waals surface area contributed by atoms with Crippen molar-refractivity contribution in [1.29, 1.82) is 0 Å². The molecule has 0 atom stereocenters. The first-order chi connectivity index (χ1) is 5.11. The summed E-state index contributed by atoms with van der Waals surface area (Å²) in [4.78, 5) is 26.4. The van der Waals surface area contributed by atoms with Crippen molar-refractivity contribution in [3.05, 3.63) is 22.1 Å². The van der Waals surface area contributed by atoms with E-state index in [1.54, 1.807) is 0 Å². The maximum absolute atomic E-state index is 10.7. The number of nitrogens with one attached hydrogen (secondary N) is 1. The maximum atomic E-state index is 10.7. The molecule has 1 rings (SSSR count). The first kappa shape index (κ1) is 7.26. The van der Waals surface area contributed by atoms with Crippen LogP contribution < -0.4 is 11.3 Å². The molecule has 0 aliphatic heterocycles. The molecule has 0 fully saturated rings. The minimum atomic E-state index is -1.32. The van der Waals surface area contributed by atoms with Gasteiger partial charge in [-0.25, -0.2) is 4.79 Å². The molecular formula is C5H5N3O3. The van der Waals surface area contributed by atoms with Crippen LogP contribution in [-0.4, -0.2) is 21.0 Å². The normalized spacial score (nSPS) is 9.45. The highest BCUT2D eigenvalue weighted by molar-refractivity contribution is 5.86. The molecule has 58 valence electrons. The Morgan fingerprint density at radius 3 is 2.82 bits per heavy atom. The Balaban J connectivity index is 3.32. The van der Waals surface area contributed by atoms with Crippen molar-refractivity contribution in [3.63, 3.8) is 0 Å². The second kappa shape index (κ2) is 2.41. The van der Waals surface area contributed by atoms with Crippen LogP contribution in [0, 0.1) is 0 Å². The molecule has 0 spiro atoms. The van der Waals surface area contributed by atoms with Gasteiger partial charge < -0.3 is 15.8 Å². The van der Waals surface area contributed by atoms with E-state index in [4.69, 9.17) is 10.8 Å². The lowest BCUT2D eigenvalue weighted by atomic mass is 10.3. The number of H-pyrrole nitrogens is 1. The molecule has 0 aromatic carbocycles. The van der Waals surface area contributed by atoms with Gasteiger partial charge in [0.05, 0.1) is 0 Å². The van der Waals surface area contributed by atoms with Crippen LogP contribution >= 0.6 is 0 Å². The van der Waals surface area contributed by atoms with Gasteiger partial charge in [-0.3, -0.25) is 4.79 Å². The van der Waals surface area contributed by atoms with E-state index in [2.05, 4.69) is 9.97 Å². The number of carboxylic acids is 1. The Kier molecular flexibility index (Phi) is 1.59. The Labute approximate surface area is 60.7 Å². The fourth-order valence-corrected chi connectivity index (χ4v) is 0.563. The van der Waals surface area contributed by atoms with Crippen molar-refractivity contribution >= 4 is 11.9 Å². The quantitative estimate of drug-likeness (QED) is 0.484. The van der Waals surface area contributed by atoms with Crippen LogP contribution in [0.1, 0.15) is 10.4 Å². The summed E-state index contributed by atoms with van der Waals surface area (Å²) in [6, 6.07) is 0. The number of nitrogens with two attached hydrogens (primary N) is 1. The van der Waals surface area contributed by atoms with Gasteiger partial charge >= 0.3 is 5.97 Å². The molecule has 0 saturated carbocycles. The van der Waals surface area contributed by atoms with Gasteiger partial charge in [0.1, 0.15) is 5.56 Å². The molecular weight excluding hydrogens is 150 g/mol. The Morgan fingerprint density at radius 2 is 2.36 bits per heavy atom. The van der Waals surface area contributed by atoms with E-state index < -0.39 is 17.1 Å². The van der Waals surface area contributed by atoms with E-state index in [0.717, 1.165) is 6.20 Å². The van der Waals surface area contributed by atoms with E-state index in [0.29, 0.717) is 0 Å². The molecule has 0 aliphatic rings. The first-order valence-electron chi connectivity index (χ1n) is 2.70. The lowest BCUT2D eigenvalue weighted by Crippen LogP contribution is -2.19. The number of carbonyl (C=O) groups is 1. The number of carboxylic acid groups (broad SMARTS) is 1. The summed E-state index contributed by atoms with van der Waals surface area (Å²) in [5.41, 5.74) is 3.81. The Hall–Kier alpha value is -1.85. The highest BCUT2D eigenvalue weighted by Gasteiger charge is 2.08. The SMILES string of the molecule is Nc1nc(=O)c(C(=O)O)c[nH]1. The number of nitrogen functional groups attached to an aromatic ring is 1. The predicted molar refractivity (Wildman–Crippen MR) is 36.2 cm³/mol. The number of hydrogen-bond acceptors (Lipinski definition) is 4. The van der Waals surface area contributed by atoms with Crippen LogP contribution in [0.25, 0.3) is 0 Å². The van der Waals surface area contributed by atoms with Gasteiger partial charge in [0.25, 0.3) is 5.56 Å². The van der Waals surface area contributed by atoms with Gasteiger partial charge in [-0.05, 0) is 0 Å². The molecule has 4 N–H and O–H groups in total. The van der Waals surface area contributed by atoms with Gasteiger partial charge in [-0.15, -0.1) is 0 Å². The average molecular weight is 155 g/mol. The molecule has 1 aromatic rings. The highest BCUT2D eigenvalue weighted by Crippen LogP contribution is 1.88. The number of aromatic carboxylic acids is 1. The van der Waals surface area contributed by atoms with Gasteiger partial charge in [0.15, 0.2) is 0 Å². The highest BCUT2D eigenvalue weighted by atomic mass is 16.4. The van der Waals surface area contributed by atoms with Crippen molar-refractivity contribution in [2.24, 2.45) is 0 Å². The van der Waals surface area contributed by atoms with Crippen molar-refractivity contribution in [2.75, 3.05) is 5.73 Å². The summed E-state index contributed by atoms with van der Waals surface area (Å²) < 4.78 is 0. The van der Waals surface area contributed by atoms with E-state index in [1.807, 2.05) is 0 Å². The zero-order valence-corrected chi connectivity index (χ0v) is 5.37. The Bertz CT molecular complexity index is 343. The number of nitrogens with zero attached hydrogens (tertiary/aromatic N) is 1. The molecule has 0 bridgehead atoms. The summed E-state index contributed by atoms with van der Waals surface area (Å²) in [5, 5.41) is 8.36. The molecule has 1 aromatic heterocycles. The zero-order valence-electron chi connectivity index (χ0n) is 5.37. The van der Waals surface area contributed by atoms with Crippen LogP contribution in [0.5, 0.6) is 0 Å². The molecule has 1 heterocycles. The number of rotatable bonds is 1. The first-order valence-corrected chi connectivity index (χ1v) is 2.70. The van der Waals surface area contributed by atoms with E-state index in [9.17, 15) is 9.59 Å². The van der Waals surface area contributed by atoms with Gasteiger partial charge in [0, 0.05) is 6.20 Å². The molecule has 0 unspecified atom stereocenters. The monoisotopic (exact) mass is 155 g/mol. The van der Waals surface area contributed by atoms with E-state index in [-0.39, 0.29) is 5.95 Å². The van der Waals surface area contributed by atoms with Crippen molar-refractivity contribution < 1.29 is 9.90 Å². The number of anilines is 1. The fraction of sp³-hybridized carbons (Fsp3) is 0. The summed E-state index contributed by atoms with van der Waals surface area (Å²) >= 11 is 0. The molecule has 6 heteroatoms. The standard InChI is InChI=1S/C5H5N3O3/c6-5-7-1-2(4(10)11)3(9)8-5/h1H,(H,10,11)(H3,6,7,8,9). The van der Waals surface area contributed by atoms with Gasteiger partial charge in [0.2, 0.25) is 5.95 Å². The summed E-state index contributed by atoms with van der Waals surface area (Å²) in [6.07, 6.45) is 1.01. The second-order valence-corrected chi connectivity index (χ2v) is 1.81. The molecule has 6 nitrogen and oxygen atoms in total. The average Bonchev–Trinajstić information content (AvgIpc) is 1.85. The van der Waals surface area contributed by atoms with Crippen molar-refractivity contribution in [1.82, 2.24) is 9.97 Å².